The van der Waals surface area contributed by atoms with Crippen molar-refractivity contribution >= 4 is 21.7 Å². The van der Waals surface area contributed by atoms with E-state index >= 15 is 0 Å². The third kappa shape index (κ3) is 5.15. The Kier molecular flexibility index (Phi) is 5.92. The highest BCUT2D eigenvalue weighted by molar-refractivity contribution is 7.92. The van der Waals surface area contributed by atoms with Gasteiger partial charge in [0.05, 0.1) is 30.7 Å². The van der Waals surface area contributed by atoms with Gasteiger partial charge in [-0.2, -0.15) is 0 Å². The molecule has 0 aromatic heterocycles. The van der Waals surface area contributed by atoms with E-state index < -0.39 is 27.6 Å². The molecule has 0 aliphatic heterocycles. The molecule has 0 heterocycles. The van der Waals surface area contributed by atoms with E-state index in [0.29, 0.717) is 11.8 Å². The van der Waals surface area contributed by atoms with Crippen molar-refractivity contribution in [3.63, 3.8) is 0 Å². The molecule has 9 heteroatoms. The summed E-state index contributed by atoms with van der Waals surface area (Å²) in [7, 11) is -2.78. The van der Waals surface area contributed by atoms with Crippen molar-refractivity contribution in [3.05, 3.63) is 54.1 Å². The molecule has 2 aromatic rings. The van der Waals surface area contributed by atoms with Gasteiger partial charge < -0.3 is 9.47 Å². The Hall–Kier alpha value is -2.68. The zero-order valence-corrected chi connectivity index (χ0v) is 14.0. The van der Waals surface area contributed by atoms with Crippen LogP contribution in [0.2, 0.25) is 0 Å². The summed E-state index contributed by atoms with van der Waals surface area (Å²) in [6.07, 6.45) is 0.0575. The average Bonchev–Trinajstić information content (AvgIpc) is 2.57. The van der Waals surface area contributed by atoms with E-state index in [2.05, 4.69) is 4.74 Å². The predicted molar refractivity (Wildman–Crippen MR) is 85.7 cm³/mol. The first kappa shape index (κ1) is 18.7. The number of halogens is 2. The molecule has 2 aromatic carbocycles. The molecule has 1 N–H and O–H groups in total. The van der Waals surface area contributed by atoms with Crippen LogP contribution in [-0.2, 0) is 19.6 Å². The van der Waals surface area contributed by atoms with Crippen LogP contribution in [0.1, 0.15) is 6.42 Å². The fraction of sp³-hybridized carbons (Fsp3) is 0.188. The topological polar surface area (TPSA) is 81.7 Å². The van der Waals surface area contributed by atoms with Crippen molar-refractivity contribution < 1.29 is 31.5 Å². The molecule has 0 fully saturated rings. The molecule has 134 valence electrons. The Bertz CT molecular complexity index is 853. The van der Waals surface area contributed by atoms with E-state index in [4.69, 9.17) is 4.74 Å². The van der Waals surface area contributed by atoms with Gasteiger partial charge in [-0.1, -0.05) is 0 Å². The summed E-state index contributed by atoms with van der Waals surface area (Å²) in [4.78, 5) is 10.8. The maximum absolute atomic E-state index is 13.6. The first-order valence-corrected chi connectivity index (χ1v) is 8.57. The predicted octanol–water partition coefficient (Wildman–Crippen LogP) is 2.71. The lowest BCUT2D eigenvalue weighted by Gasteiger charge is -2.10. The van der Waals surface area contributed by atoms with Gasteiger partial charge in [0.15, 0.2) is 0 Å². The number of carbonyl (C=O) groups excluding carboxylic acids is 1. The normalized spacial score (nSPS) is 11.0. The van der Waals surface area contributed by atoms with Crippen LogP contribution in [-0.4, -0.2) is 28.1 Å². The standard InChI is InChI=1S/C16H15F2NO5S/c1-23-16(20)8-9-24-12-3-5-13(6-4-12)25(21,22)19-15-7-2-11(17)10-14(15)18/h2-7,10,19H,8-9H2,1H3. The summed E-state index contributed by atoms with van der Waals surface area (Å²) in [5.41, 5.74) is -0.361. The van der Waals surface area contributed by atoms with E-state index in [9.17, 15) is 22.0 Å². The van der Waals surface area contributed by atoms with Crippen molar-refractivity contribution in [3.8, 4) is 5.75 Å². The summed E-state index contributed by atoms with van der Waals surface area (Å²) >= 11 is 0. The Morgan fingerprint density at radius 2 is 1.80 bits per heavy atom. The summed E-state index contributed by atoms with van der Waals surface area (Å²) in [5, 5.41) is 0. The molecule has 0 amide bonds. The molecule has 0 aliphatic rings. The number of ether oxygens (including phenoxy) is 2. The largest absolute Gasteiger partial charge is 0.493 e. The number of esters is 1. The molecule has 6 nitrogen and oxygen atoms in total. The minimum atomic E-state index is -4.05. The lowest BCUT2D eigenvalue weighted by Crippen LogP contribution is -2.14. The molecule has 0 aliphatic carbocycles. The van der Waals surface area contributed by atoms with Gasteiger partial charge in [0.25, 0.3) is 10.0 Å². The SMILES string of the molecule is COC(=O)CCOc1ccc(S(=O)(=O)Nc2ccc(F)cc2F)cc1. The van der Waals surface area contributed by atoms with Crippen molar-refractivity contribution in [2.45, 2.75) is 11.3 Å². The molecule has 0 spiro atoms. The van der Waals surface area contributed by atoms with Crippen LogP contribution in [0, 0.1) is 11.6 Å². The highest BCUT2D eigenvalue weighted by Crippen LogP contribution is 2.21. The first-order valence-electron chi connectivity index (χ1n) is 7.09. The van der Waals surface area contributed by atoms with Gasteiger partial charge in [0.1, 0.15) is 17.4 Å². The lowest BCUT2D eigenvalue weighted by molar-refractivity contribution is -0.141. The Labute approximate surface area is 143 Å². The summed E-state index contributed by atoms with van der Waals surface area (Å²) in [5.74, 6) is -1.90. The third-order valence-electron chi connectivity index (χ3n) is 3.11. The molecular formula is C16H15F2NO5S. The van der Waals surface area contributed by atoms with Crippen LogP contribution in [0.25, 0.3) is 0 Å². The molecule has 0 unspecified atom stereocenters. The van der Waals surface area contributed by atoms with E-state index in [1.165, 1.54) is 31.4 Å². The number of rotatable bonds is 7. The zero-order chi connectivity index (χ0) is 18.4. The second-order valence-electron chi connectivity index (χ2n) is 4.88. The van der Waals surface area contributed by atoms with Crippen LogP contribution >= 0.6 is 0 Å². The fourth-order valence-electron chi connectivity index (χ4n) is 1.85. The number of sulfonamides is 1. The van der Waals surface area contributed by atoms with Crippen molar-refractivity contribution in [1.29, 1.82) is 0 Å². The molecule has 0 saturated heterocycles. The maximum atomic E-state index is 13.6. The van der Waals surface area contributed by atoms with E-state index in [-0.39, 0.29) is 23.6 Å². The smallest absolute Gasteiger partial charge is 0.308 e. The summed E-state index contributed by atoms with van der Waals surface area (Å²) in [6.45, 7) is 0.0812. The maximum Gasteiger partial charge on any atom is 0.308 e. The fourth-order valence-corrected chi connectivity index (χ4v) is 2.91. The van der Waals surface area contributed by atoms with Crippen molar-refractivity contribution in [2.75, 3.05) is 18.4 Å². The molecule has 2 rings (SSSR count). The average molecular weight is 371 g/mol. The van der Waals surface area contributed by atoms with Gasteiger partial charge in [0.2, 0.25) is 0 Å². The number of methoxy groups -OCH3 is 1. The van der Waals surface area contributed by atoms with Gasteiger partial charge in [-0.15, -0.1) is 0 Å². The molecular weight excluding hydrogens is 356 g/mol. The second-order valence-corrected chi connectivity index (χ2v) is 6.56. The quantitative estimate of drug-likeness (QED) is 0.757. The van der Waals surface area contributed by atoms with Gasteiger partial charge in [-0.3, -0.25) is 9.52 Å². The number of anilines is 1. The van der Waals surface area contributed by atoms with Crippen LogP contribution in [0.3, 0.4) is 0 Å². The Balaban J connectivity index is 2.05. The van der Waals surface area contributed by atoms with Crippen LogP contribution in [0.5, 0.6) is 5.75 Å². The van der Waals surface area contributed by atoms with E-state index in [1.807, 2.05) is 4.72 Å². The van der Waals surface area contributed by atoms with Crippen molar-refractivity contribution in [2.24, 2.45) is 0 Å². The van der Waals surface area contributed by atoms with Gasteiger partial charge in [-0.05, 0) is 36.4 Å². The molecule has 0 radical (unpaired) electrons. The third-order valence-corrected chi connectivity index (χ3v) is 4.49. The molecule has 0 saturated carbocycles. The van der Waals surface area contributed by atoms with Crippen molar-refractivity contribution in [1.82, 2.24) is 0 Å². The Morgan fingerprint density at radius 3 is 2.40 bits per heavy atom. The number of nitrogens with one attached hydrogen (secondary N) is 1. The summed E-state index contributed by atoms with van der Waals surface area (Å²) in [6, 6.07) is 7.83. The first-order chi connectivity index (χ1) is 11.8. The zero-order valence-electron chi connectivity index (χ0n) is 13.2. The number of hydrogen-bond donors (Lipinski definition) is 1. The minimum Gasteiger partial charge on any atom is -0.493 e. The Morgan fingerprint density at radius 1 is 1.12 bits per heavy atom. The number of benzene rings is 2. The monoisotopic (exact) mass is 371 g/mol. The lowest BCUT2D eigenvalue weighted by atomic mass is 10.3. The van der Waals surface area contributed by atoms with Gasteiger partial charge >= 0.3 is 5.97 Å². The highest BCUT2D eigenvalue weighted by atomic mass is 32.2. The second kappa shape index (κ2) is 7.93. The summed E-state index contributed by atoms with van der Waals surface area (Å²) < 4.78 is 62.7. The van der Waals surface area contributed by atoms with E-state index in [1.54, 1.807) is 0 Å². The van der Waals surface area contributed by atoms with Gasteiger partial charge in [-0.25, -0.2) is 17.2 Å². The van der Waals surface area contributed by atoms with Gasteiger partial charge in [0, 0.05) is 6.07 Å². The minimum absolute atomic E-state index is 0.0575. The number of carbonyl (C=O) groups is 1. The number of hydrogen-bond acceptors (Lipinski definition) is 5. The molecule has 25 heavy (non-hydrogen) atoms. The van der Waals surface area contributed by atoms with E-state index in [0.717, 1.165) is 12.1 Å². The highest BCUT2D eigenvalue weighted by Gasteiger charge is 2.16. The van der Waals surface area contributed by atoms with Crippen LogP contribution in [0.4, 0.5) is 14.5 Å². The van der Waals surface area contributed by atoms with Crippen LogP contribution in [0.15, 0.2) is 47.4 Å². The van der Waals surface area contributed by atoms with Crippen LogP contribution < -0.4 is 9.46 Å². The molecule has 0 bridgehead atoms. The molecule has 0 atom stereocenters.